The van der Waals surface area contributed by atoms with Crippen LogP contribution in [0.2, 0.25) is 0 Å². The molecule has 1 aromatic heterocycles. The van der Waals surface area contributed by atoms with Gasteiger partial charge in [-0.3, -0.25) is 4.79 Å². The van der Waals surface area contributed by atoms with Gasteiger partial charge in [-0.05, 0) is 20.0 Å². The summed E-state index contributed by atoms with van der Waals surface area (Å²) in [6, 6.07) is 1.74. The third-order valence-corrected chi connectivity index (χ3v) is 1.39. The summed E-state index contributed by atoms with van der Waals surface area (Å²) < 4.78 is 4.98. The van der Waals surface area contributed by atoms with Crippen molar-refractivity contribution >= 4 is 5.78 Å². The van der Waals surface area contributed by atoms with E-state index in [2.05, 4.69) is 5.32 Å². The van der Waals surface area contributed by atoms with Crippen molar-refractivity contribution in [2.24, 2.45) is 0 Å². The first-order valence-electron chi connectivity index (χ1n) is 3.47. The van der Waals surface area contributed by atoms with Gasteiger partial charge in [0.05, 0.1) is 12.1 Å². The lowest BCUT2D eigenvalue weighted by Crippen LogP contribution is -2.17. The first-order valence-corrected chi connectivity index (χ1v) is 3.47. The van der Waals surface area contributed by atoms with E-state index in [0.717, 1.165) is 5.76 Å². The van der Waals surface area contributed by atoms with Gasteiger partial charge in [-0.1, -0.05) is 0 Å². The zero-order valence-corrected chi connectivity index (χ0v) is 6.68. The minimum atomic E-state index is 0.0596. The molecule has 0 fully saturated rings. The maximum Gasteiger partial charge on any atom is 0.179 e. The molecule has 0 saturated heterocycles. The Hall–Kier alpha value is -1.09. The monoisotopic (exact) mass is 153 g/mol. The maximum absolute atomic E-state index is 11.1. The molecule has 0 radical (unpaired) electrons. The quantitative estimate of drug-likeness (QED) is 0.658. The van der Waals surface area contributed by atoms with Crippen LogP contribution in [0.4, 0.5) is 0 Å². The summed E-state index contributed by atoms with van der Waals surface area (Å²) in [5.74, 6) is 0.828. The number of likely N-dealkylation sites (N-methyl/N-ethyl adjacent to an activating group) is 1. The summed E-state index contributed by atoms with van der Waals surface area (Å²) >= 11 is 0. The molecule has 0 aliphatic rings. The topological polar surface area (TPSA) is 42.2 Å². The van der Waals surface area contributed by atoms with E-state index in [1.54, 1.807) is 13.1 Å². The van der Waals surface area contributed by atoms with Gasteiger partial charge in [-0.2, -0.15) is 0 Å². The molecular weight excluding hydrogens is 142 g/mol. The van der Waals surface area contributed by atoms with Crippen LogP contribution < -0.4 is 5.32 Å². The molecule has 0 aliphatic heterocycles. The van der Waals surface area contributed by atoms with Gasteiger partial charge < -0.3 is 9.73 Å². The molecule has 3 nitrogen and oxygen atoms in total. The van der Waals surface area contributed by atoms with Crippen molar-refractivity contribution in [3.8, 4) is 0 Å². The van der Waals surface area contributed by atoms with Crippen LogP contribution in [0.15, 0.2) is 16.7 Å². The van der Waals surface area contributed by atoms with Crippen LogP contribution >= 0.6 is 0 Å². The van der Waals surface area contributed by atoms with Gasteiger partial charge in [0.25, 0.3) is 0 Å². The first kappa shape index (κ1) is 8.01. The molecule has 1 rings (SSSR count). The first-order chi connectivity index (χ1) is 5.24. The highest BCUT2D eigenvalue weighted by molar-refractivity contribution is 5.97. The molecule has 0 bridgehead atoms. The van der Waals surface area contributed by atoms with Crippen LogP contribution in [-0.4, -0.2) is 19.4 Å². The summed E-state index contributed by atoms with van der Waals surface area (Å²) in [7, 11) is 1.74. The van der Waals surface area contributed by atoms with Crippen molar-refractivity contribution in [3.63, 3.8) is 0 Å². The van der Waals surface area contributed by atoms with E-state index in [-0.39, 0.29) is 5.78 Å². The molecule has 1 N–H and O–H groups in total. The van der Waals surface area contributed by atoms with Crippen molar-refractivity contribution in [3.05, 3.63) is 23.7 Å². The molecule has 0 spiro atoms. The second kappa shape index (κ2) is 3.34. The van der Waals surface area contributed by atoms with Crippen molar-refractivity contribution in [2.45, 2.75) is 6.92 Å². The number of carbonyl (C=O) groups is 1. The number of carbonyl (C=O) groups excluding carboxylic acids is 1. The zero-order valence-electron chi connectivity index (χ0n) is 6.68. The number of rotatable bonds is 3. The fourth-order valence-corrected chi connectivity index (χ4v) is 0.852. The van der Waals surface area contributed by atoms with Gasteiger partial charge in [0.1, 0.15) is 12.0 Å². The van der Waals surface area contributed by atoms with Gasteiger partial charge in [-0.25, -0.2) is 0 Å². The highest BCUT2D eigenvalue weighted by Crippen LogP contribution is 2.05. The summed E-state index contributed by atoms with van der Waals surface area (Å²) in [4.78, 5) is 11.1. The lowest BCUT2D eigenvalue weighted by molar-refractivity contribution is 0.0993. The molecule has 1 heterocycles. The number of aryl methyl sites for hydroxylation is 1. The number of hydrogen-bond acceptors (Lipinski definition) is 3. The van der Waals surface area contributed by atoms with Crippen LogP contribution in [0.1, 0.15) is 16.1 Å². The molecule has 0 aliphatic carbocycles. The molecule has 0 atom stereocenters. The predicted molar refractivity (Wildman–Crippen MR) is 41.7 cm³/mol. The molecule has 0 aromatic carbocycles. The standard InChI is InChI=1S/C8H11NO2/c1-6-3-7(5-11-6)8(10)4-9-2/h3,5,9H,4H2,1-2H3. The minimum Gasteiger partial charge on any atom is -0.469 e. The number of ketones is 1. The summed E-state index contributed by atoms with van der Waals surface area (Å²) in [5, 5.41) is 2.78. The normalized spacial score (nSPS) is 10.0. The summed E-state index contributed by atoms with van der Waals surface area (Å²) in [6.45, 7) is 2.18. The Balaban J connectivity index is 2.69. The molecule has 0 amide bonds. The molecule has 60 valence electrons. The van der Waals surface area contributed by atoms with Gasteiger partial charge in [0.2, 0.25) is 0 Å². The van der Waals surface area contributed by atoms with Gasteiger partial charge in [-0.15, -0.1) is 0 Å². The third kappa shape index (κ3) is 1.91. The Kier molecular flexibility index (Phi) is 2.44. The lowest BCUT2D eigenvalue weighted by Gasteiger charge is -1.92. The van der Waals surface area contributed by atoms with Crippen LogP contribution in [0.3, 0.4) is 0 Å². The Morgan fingerprint density at radius 1 is 1.73 bits per heavy atom. The van der Waals surface area contributed by atoms with Crippen molar-refractivity contribution in [1.82, 2.24) is 5.32 Å². The van der Waals surface area contributed by atoms with E-state index < -0.39 is 0 Å². The van der Waals surface area contributed by atoms with E-state index in [0.29, 0.717) is 12.1 Å². The van der Waals surface area contributed by atoms with E-state index >= 15 is 0 Å². The second-order valence-corrected chi connectivity index (χ2v) is 2.40. The third-order valence-electron chi connectivity index (χ3n) is 1.39. The van der Waals surface area contributed by atoms with Gasteiger partial charge >= 0.3 is 0 Å². The average molecular weight is 153 g/mol. The largest absolute Gasteiger partial charge is 0.469 e. The molecule has 0 saturated carbocycles. The Labute approximate surface area is 65.4 Å². The maximum atomic E-state index is 11.1. The Bertz CT molecular complexity index is 252. The predicted octanol–water partition coefficient (Wildman–Crippen LogP) is 0.990. The van der Waals surface area contributed by atoms with E-state index in [4.69, 9.17) is 4.42 Å². The number of hydrogen-bond donors (Lipinski definition) is 1. The molecule has 11 heavy (non-hydrogen) atoms. The van der Waals surface area contributed by atoms with Crippen molar-refractivity contribution < 1.29 is 9.21 Å². The molecule has 1 aromatic rings. The highest BCUT2D eigenvalue weighted by atomic mass is 16.3. The molecule has 0 unspecified atom stereocenters. The second-order valence-electron chi connectivity index (χ2n) is 2.40. The zero-order chi connectivity index (χ0) is 8.27. The van der Waals surface area contributed by atoms with E-state index in [1.165, 1.54) is 6.26 Å². The lowest BCUT2D eigenvalue weighted by atomic mass is 10.2. The van der Waals surface area contributed by atoms with Crippen LogP contribution in [0.5, 0.6) is 0 Å². The van der Waals surface area contributed by atoms with Crippen molar-refractivity contribution in [2.75, 3.05) is 13.6 Å². The van der Waals surface area contributed by atoms with Crippen LogP contribution in [0, 0.1) is 6.92 Å². The van der Waals surface area contributed by atoms with Gasteiger partial charge in [0, 0.05) is 0 Å². The Morgan fingerprint density at radius 3 is 2.91 bits per heavy atom. The fraction of sp³-hybridized carbons (Fsp3) is 0.375. The Morgan fingerprint density at radius 2 is 2.45 bits per heavy atom. The number of Topliss-reactive ketones (excluding diaryl/α,β-unsaturated/α-hetero) is 1. The highest BCUT2D eigenvalue weighted by Gasteiger charge is 2.06. The summed E-state index contributed by atoms with van der Waals surface area (Å²) in [6.07, 6.45) is 1.48. The minimum absolute atomic E-state index is 0.0596. The van der Waals surface area contributed by atoms with Crippen LogP contribution in [-0.2, 0) is 0 Å². The SMILES string of the molecule is CNCC(=O)c1coc(C)c1. The number of furan rings is 1. The van der Waals surface area contributed by atoms with Crippen LogP contribution in [0.25, 0.3) is 0 Å². The molecular formula is C8H11NO2. The smallest absolute Gasteiger partial charge is 0.179 e. The fourth-order valence-electron chi connectivity index (χ4n) is 0.852. The number of nitrogens with one attached hydrogen (secondary N) is 1. The van der Waals surface area contributed by atoms with Crippen molar-refractivity contribution in [1.29, 1.82) is 0 Å². The van der Waals surface area contributed by atoms with E-state index in [9.17, 15) is 4.79 Å². The van der Waals surface area contributed by atoms with Gasteiger partial charge in [0.15, 0.2) is 5.78 Å². The van der Waals surface area contributed by atoms with E-state index in [1.807, 2.05) is 6.92 Å². The summed E-state index contributed by atoms with van der Waals surface area (Å²) in [5.41, 5.74) is 0.636. The average Bonchev–Trinajstić information content (AvgIpc) is 2.36. The molecule has 3 heteroatoms.